The van der Waals surface area contributed by atoms with Gasteiger partial charge in [0.1, 0.15) is 51.6 Å². The number of hydrogen-bond acceptors (Lipinski definition) is 21. The van der Waals surface area contributed by atoms with E-state index in [0.29, 0.717) is 52.4 Å². The standard InChI is InChI=1S/C28H23FN6O2.C25H23N7O2.C25H25N5O2/c1-34-18-19(16-32-34)28-17-31-26-9-8-20(14-27(26)33-28)35(11-5-7-25-24(29)6-4-10-30-25)21-12-22(36-2)15-23(13-21)37-3;1-31-15-17(13-29-31)24-14-28-22-6-5-18(11-23(22)30-24)32(16-25-26-7-4-8-27-25)19-9-20(33-2)12-21(10-19)34-3;1-7-25(2,3)30(19-10-20(31-5)13-21(11-19)32-6)18-8-9-22-23(12-18)28-24(15-26-22)17-14-27-29(4)16-17/h4,6,8-10,12-18H,11H2,1-3H3;4-15H,16H2,1-3H3;1,8-16H,2-6H3. The summed E-state index contributed by atoms with van der Waals surface area (Å²) in [6.45, 7) is 4.66. The maximum atomic E-state index is 14.1. The van der Waals surface area contributed by atoms with Gasteiger partial charge in [-0.1, -0.05) is 11.8 Å². The summed E-state index contributed by atoms with van der Waals surface area (Å²) in [5.41, 5.74) is 14.1. The molecule has 14 aromatic rings. The summed E-state index contributed by atoms with van der Waals surface area (Å²) < 4.78 is 52.2. The second-order valence-corrected chi connectivity index (χ2v) is 23.7. The van der Waals surface area contributed by atoms with Gasteiger partial charge < -0.3 is 43.1 Å². The van der Waals surface area contributed by atoms with Crippen LogP contribution in [0.25, 0.3) is 66.9 Å². The predicted molar refractivity (Wildman–Crippen MR) is 395 cm³/mol. The zero-order valence-electron chi connectivity index (χ0n) is 58.4. The van der Waals surface area contributed by atoms with Crippen LogP contribution in [0.4, 0.5) is 38.5 Å². The molecular formula is C78H71FN18O6. The van der Waals surface area contributed by atoms with E-state index in [4.69, 9.17) is 49.8 Å². The molecule has 0 unspecified atom stereocenters. The Kier molecular flexibility index (Phi) is 20.9. The first-order valence-corrected chi connectivity index (χ1v) is 32.2. The number of benzene rings is 6. The quantitative estimate of drug-likeness (QED) is 0.0684. The molecule has 0 saturated heterocycles. The third-order valence-electron chi connectivity index (χ3n) is 16.4. The van der Waals surface area contributed by atoms with Crippen molar-refractivity contribution in [2.75, 3.05) is 63.9 Å². The number of halogens is 1. The average molecular weight is 1380 g/mol. The van der Waals surface area contributed by atoms with Gasteiger partial charge in [0.15, 0.2) is 5.82 Å². The Morgan fingerprint density at radius 1 is 0.427 bits per heavy atom. The number of hydrogen-bond donors (Lipinski definition) is 0. The lowest BCUT2D eigenvalue weighted by molar-refractivity contribution is 0.394. The van der Waals surface area contributed by atoms with Crippen molar-refractivity contribution in [3.05, 3.63) is 219 Å². The molecule has 516 valence electrons. The summed E-state index contributed by atoms with van der Waals surface area (Å²) >= 11 is 0. The normalized spacial score (nSPS) is 10.9. The second-order valence-electron chi connectivity index (χ2n) is 23.7. The summed E-state index contributed by atoms with van der Waals surface area (Å²) in [4.78, 5) is 47.2. The van der Waals surface area contributed by atoms with Crippen LogP contribution in [0.5, 0.6) is 34.5 Å². The SMILES string of the molecule is C#CC(C)(C)N(c1cc(OC)cc(OC)c1)c1ccc2ncc(-c3cnn(C)c3)nc2c1.COc1cc(OC)cc(N(CC#Cc2ncccc2F)c2ccc3ncc(-c4cnn(C)c4)nc3c2)c1.COc1cc(OC)cc(N(Cc2ncccn2)c2ccc3ncc(-c4cnn(C)c4)nc3c2)c1. The fourth-order valence-electron chi connectivity index (χ4n) is 11.1. The molecule has 103 heavy (non-hydrogen) atoms. The van der Waals surface area contributed by atoms with Gasteiger partial charge in [-0.05, 0) is 92.6 Å². The zero-order valence-corrected chi connectivity index (χ0v) is 58.4. The molecule has 0 spiro atoms. The average Bonchev–Trinajstić information content (AvgIpc) is 1.06. The first-order valence-electron chi connectivity index (χ1n) is 32.2. The molecular weight excluding hydrogens is 1300 g/mol. The highest BCUT2D eigenvalue weighted by molar-refractivity contribution is 5.86. The molecule has 0 aliphatic carbocycles. The van der Waals surface area contributed by atoms with Crippen LogP contribution in [0.1, 0.15) is 25.4 Å². The van der Waals surface area contributed by atoms with Crippen LogP contribution in [0.2, 0.25) is 0 Å². The summed E-state index contributed by atoms with van der Waals surface area (Å²) in [6.07, 6.45) is 27.2. The highest BCUT2D eigenvalue weighted by Crippen LogP contribution is 2.41. The third kappa shape index (κ3) is 16.3. The van der Waals surface area contributed by atoms with E-state index in [2.05, 4.69) is 72.8 Å². The van der Waals surface area contributed by atoms with Gasteiger partial charge in [0, 0.05) is 164 Å². The lowest BCUT2D eigenvalue weighted by Crippen LogP contribution is -2.39. The maximum absolute atomic E-state index is 14.1. The molecule has 0 aliphatic heterocycles. The van der Waals surface area contributed by atoms with E-state index in [0.717, 1.165) is 95.5 Å². The Bertz CT molecular complexity index is 5390. The van der Waals surface area contributed by atoms with Gasteiger partial charge >= 0.3 is 0 Å². The Morgan fingerprint density at radius 3 is 1.21 bits per heavy atom. The van der Waals surface area contributed by atoms with Crippen molar-refractivity contribution in [2.45, 2.75) is 25.9 Å². The van der Waals surface area contributed by atoms with Crippen molar-refractivity contribution < 1.29 is 32.8 Å². The molecule has 8 aromatic heterocycles. The third-order valence-corrected chi connectivity index (χ3v) is 16.4. The van der Waals surface area contributed by atoms with Gasteiger partial charge in [-0.2, -0.15) is 15.3 Å². The van der Waals surface area contributed by atoms with Gasteiger partial charge in [-0.3, -0.25) is 29.0 Å². The fourth-order valence-corrected chi connectivity index (χ4v) is 11.1. The van der Waals surface area contributed by atoms with Crippen LogP contribution in [-0.4, -0.2) is 129 Å². The Balaban J connectivity index is 0.000000146. The van der Waals surface area contributed by atoms with Crippen molar-refractivity contribution in [1.82, 2.24) is 74.2 Å². The van der Waals surface area contributed by atoms with Gasteiger partial charge in [0.05, 0.1) is 143 Å². The molecule has 0 N–H and O–H groups in total. The van der Waals surface area contributed by atoms with Gasteiger partial charge in [-0.15, -0.1) is 6.42 Å². The molecule has 0 radical (unpaired) electrons. The number of nitrogens with zero attached hydrogens (tertiary/aromatic N) is 18. The van der Waals surface area contributed by atoms with E-state index in [1.165, 1.54) is 18.3 Å². The van der Waals surface area contributed by atoms with E-state index in [1.54, 1.807) is 118 Å². The molecule has 0 atom stereocenters. The predicted octanol–water partition coefficient (Wildman–Crippen LogP) is 13.5. The molecule has 0 saturated carbocycles. The number of anilines is 6. The van der Waals surface area contributed by atoms with Gasteiger partial charge in [0.25, 0.3) is 0 Å². The molecule has 0 aliphatic rings. The molecule has 25 heteroatoms. The molecule has 0 amide bonds. The number of aromatic nitrogens is 15. The summed E-state index contributed by atoms with van der Waals surface area (Å²) in [5, 5.41) is 12.7. The lowest BCUT2D eigenvalue weighted by atomic mass is 10.0. The fraction of sp³-hybridized carbons (Fsp3) is 0.179. The number of ether oxygens (including phenoxy) is 6. The van der Waals surface area contributed by atoms with Crippen LogP contribution >= 0.6 is 0 Å². The van der Waals surface area contributed by atoms with Crippen molar-refractivity contribution in [1.29, 1.82) is 0 Å². The van der Waals surface area contributed by atoms with Crippen molar-refractivity contribution >= 4 is 67.2 Å². The number of terminal acetylenes is 1. The summed E-state index contributed by atoms with van der Waals surface area (Å²) in [7, 11) is 15.3. The number of pyridine rings is 1. The minimum absolute atomic E-state index is 0.0937. The minimum atomic E-state index is -0.639. The molecule has 6 aromatic carbocycles. The van der Waals surface area contributed by atoms with Crippen molar-refractivity contribution in [3.63, 3.8) is 0 Å². The van der Waals surface area contributed by atoms with Crippen LogP contribution < -0.4 is 43.1 Å². The topological polar surface area (TPSA) is 235 Å². The Labute approximate surface area is 594 Å². The molecule has 0 bridgehead atoms. The highest BCUT2D eigenvalue weighted by atomic mass is 19.1. The number of methoxy groups -OCH3 is 6. The van der Waals surface area contributed by atoms with E-state index < -0.39 is 11.4 Å². The largest absolute Gasteiger partial charge is 0.497 e. The maximum Gasteiger partial charge on any atom is 0.157 e. The Hall–Kier alpha value is -13.6. The van der Waals surface area contributed by atoms with E-state index >= 15 is 0 Å². The number of aryl methyl sites for hydroxylation is 3. The monoisotopic (exact) mass is 1370 g/mol. The smallest absolute Gasteiger partial charge is 0.157 e. The molecule has 24 nitrogen and oxygen atoms in total. The van der Waals surface area contributed by atoms with Gasteiger partial charge in [0.2, 0.25) is 0 Å². The first kappa shape index (κ1) is 69.4. The summed E-state index contributed by atoms with van der Waals surface area (Å²) in [5.74, 6) is 13.0. The zero-order chi connectivity index (χ0) is 72.2. The lowest BCUT2D eigenvalue weighted by Gasteiger charge is -2.37. The van der Waals surface area contributed by atoms with E-state index in [9.17, 15) is 4.39 Å². The molecule has 8 heterocycles. The Morgan fingerprint density at radius 2 is 0.816 bits per heavy atom. The number of rotatable bonds is 19. The van der Waals surface area contributed by atoms with Crippen LogP contribution in [0.3, 0.4) is 0 Å². The van der Waals surface area contributed by atoms with Crippen LogP contribution in [0.15, 0.2) is 202 Å². The van der Waals surface area contributed by atoms with E-state index in [-0.39, 0.29) is 12.2 Å². The van der Waals surface area contributed by atoms with Crippen LogP contribution in [0, 0.1) is 30.0 Å². The first-order chi connectivity index (χ1) is 50.0. The molecule has 0 fully saturated rings. The van der Waals surface area contributed by atoms with E-state index in [1.807, 2.05) is 162 Å². The van der Waals surface area contributed by atoms with Crippen molar-refractivity contribution in [3.8, 4) is 92.5 Å². The van der Waals surface area contributed by atoms with Gasteiger partial charge in [-0.25, -0.2) is 34.3 Å². The molecule has 14 rings (SSSR count). The highest BCUT2D eigenvalue weighted by Gasteiger charge is 2.28. The second kappa shape index (κ2) is 31.1. The number of fused-ring (bicyclic) bond motifs is 3. The minimum Gasteiger partial charge on any atom is -0.497 e. The van der Waals surface area contributed by atoms with Crippen LogP contribution in [-0.2, 0) is 27.7 Å². The van der Waals surface area contributed by atoms with Crippen molar-refractivity contribution in [2.24, 2.45) is 21.1 Å². The summed E-state index contributed by atoms with van der Waals surface area (Å²) in [6, 6.07) is 39.4.